The monoisotopic (exact) mass is 241 g/mol. The Hall–Kier alpha value is -1.68. The molecule has 0 amide bonds. The number of halogens is 1. The first-order valence-corrected chi connectivity index (χ1v) is 4.81. The highest BCUT2D eigenvalue weighted by Crippen LogP contribution is 2.36. The minimum Gasteiger partial charge on any atom is -0.494 e. The molecule has 5 heteroatoms. The van der Waals surface area contributed by atoms with E-state index in [1.165, 1.54) is 26.4 Å². The van der Waals surface area contributed by atoms with Crippen molar-refractivity contribution in [1.82, 2.24) is 0 Å². The maximum atomic E-state index is 11.4. The van der Waals surface area contributed by atoms with Gasteiger partial charge in [0.05, 0.1) is 30.5 Å². The molecule has 0 atom stereocenters. The van der Waals surface area contributed by atoms with Gasteiger partial charge in [-0.25, -0.2) is 4.79 Å². The van der Waals surface area contributed by atoms with Crippen molar-refractivity contribution in [2.45, 2.75) is 0 Å². The highest BCUT2D eigenvalue weighted by Gasteiger charge is 2.18. The maximum Gasteiger partial charge on any atom is 0.340 e. The van der Waals surface area contributed by atoms with Gasteiger partial charge in [0.25, 0.3) is 0 Å². The van der Waals surface area contributed by atoms with Gasteiger partial charge in [-0.1, -0.05) is 24.3 Å². The zero-order valence-electron chi connectivity index (χ0n) is 9.04. The number of methoxy groups -OCH3 is 2. The van der Waals surface area contributed by atoms with Gasteiger partial charge >= 0.3 is 5.97 Å². The first-order chi connectivity index (χ1) is 7.56. The van der Waals surface area contributed by atoms with Crippen LogP contribution in [0.15, 0.2) is 12.6 Å². The van der Waals surface area contributed by atoms with Crippen molar-refractivity contribution < 1.29 is 14.3 Å². The molecular weight excluding hydrogens is 230 g/mol. The zero-order valence-corrected chi connectivity index (χ0v) is 9.80. The van der Waals surface area contributed by atoms with Crippen LogP contribution in [0.5, 0.6) is 5.75 Å². The molecule has 0 unspecified atom stereocenters. The van der Waals surface area contributed by atoms with E-state index >= 15 is 0 Å². The van der Waals surface area contributed by atoms with Crippen LogP contribution < -0.4 is 10.5 Å². The molecule has 16 heavy (non-hydrogen) atoms. The summed E-state index contributed by atoms with van der Waals surface area (Å²) >= 11 is 5.95. The van der Waals surface area contributed by atoms with E-state index in [1.54, 1.807) is 0 Å². The van der Waals surface area contributed by atoms with Gasteiger partial charge < -0.3 is 15.2 Å². The Morgan fingerprint density at radius 2 is 2.19 bits per heavy atom. The molecule has 0 saturated carbocycles. The number of ether oxygens (including phenoxy) is 2. The first kappa shape index (κ1) is 12.4. The molecule has 0 bridgehead atoms. The minimum absolute atomic E-state index is 0.197. The second-order valence-corrected chi connectivity index (χ2v) is 3.37. The van der Waals surface area contributed by atoms with Crippen LogP contribution in [0, 0.1) is 0 Å². The van der Waals surface area contributed by atoms with Crippen LogP contribution in [-0.4, -0.2) is 20.2 Å². The van der Waals surface area contributed by atoms with Crippen LogP contribution in [0.2, 0.25) is 5.02 Å². The van der Waals surface area contributed by atoms with Gasteiger partial charge in [0.2, 0.25) is 0 Å². The molecule has 1 rings (SSSR count). The molecule has 0 aromatic heterocycles. The van der Waals surface area contributed by atoms with E-state index in [9.17, 15) is 4.79 Å². The normalized spacial score (nSPS) is 9.69. The average Bonchev–Trinajstić information content (AvgIpc) is 2.29. The molecule has 0 saturated heterocycles. The molecule has 0 spiro atoms. The lowest BCUT2D eigenvalue weighted by Gasteiger charge is -2.13. The second-order valence-electron chi connectivity index (χ2n) is 2.96. The van der Waals surface area contributed by atoms with Crippen LogP contribution in [-0.2, 0) is 4.74 Å². The Bertz CT molecular complexity index is 443. The largest absolute Gasteiger partial charge is 0.494 e. The highest BCUT2D eigenvalue weighted by atomic mass is 35.5. The van der Waals surface area contributed by atoms with Crippen molar-refractivity contribution in [1.29, 1.82) is 0 Å². The SMILES string of the molecule is C=Cc1c(N)c(C(=O)OC)cc(Cl)c1OC. The molecule has 0 fully saturated rings. The summed E-state index contributed by atoms with van der Waals surface area (Å²) in [5, 5.41) is 0.284. The standard InChI is InChI=1S/C11H12ClNO3/c1-4-6-9(13)7(11(14)16-3)5-8(12)10(6)15-2/h4-5H,1,13H2,2-3H3. The van der Waals surface area contributed by atoms with Crippen LogP contribution in [0.3, 0.4) is 0 Å². The molecule has 1 aromatic carbocycles. The smallest absolute Gasteiger partial charge is 0.340 e. The van der Waals surface area contributed by atoms with E-state index in [-0.39, 0.29) is 16.3 Å². The number of benzene rings is 1. The Balaban J connectivity index is 3.52. The third-order valence-corrected chi connectivity index (χ3v) is 2.41. The average molecular weight is 242 g/mol. The number of anilines is 1. The van der Waals surface area contributed by atoms with Gasteiger partial charge in [-0.3, -0.25) is 0 Å². The first-order valence-electron chi connectivity index (χ1n) is 4.43. The fraction of sp³-hybridized carbons (Fsp3) is 0.182. The van der Waals surface area contributed by atoms with Crippen LogP contribution in [0.1, 0.15) is 15.9 Å². The Kier molecular flexibility index (Phi) is 3.79. The van der Waals surface area contributed by atoms with E-state index in [2.05, 4.69) is 11.3 Å². The van der Waals surface area contributed by atoms with E-state index < -0.39 is 5.97 Å². The number of carbonyl (C=O) groups excluding carboxylic acids is 1. The molecule has 2 N–H and O–H groups in total. The van der Waals surface area contributed by atoms with Crippen LogP contribution >= 0.6 is 11.6 Å². The van der Waals surface area contributed by atoms with Crippen molar-refractivity contribution in [2.24, 2.45) is 0 Å². The summed E-state index contributed by atoms with van der Waals surface area (Å²) in [5.74, 6) is -0.160. The van der Waals surface area contributed by atoms with E-state index in [1.807, 2.05) is 0 Å². The van der Waals surface area contributed by atoms with Crippen molar-refractivity contribution in [3.63, 3.8) is 0 Å². The van der Waals surface area contributed by atoms with E-state index in [0.29, 0.717) is 11.3 Å². The quantitative estimate of drug-likeness (QED) is 0.652. The van der Waals surface area contributed by atoms with Gasteiger partial charge in [0, 0.05) is 5.56 Å². The summed E-state index contributed by atoms with van der Waals surface area (Å²) in [7, 11) is 2.74. The molecule has 0 aliphatic rings. The number of esters is 1. The minimum atomic E-state index is -0.551. The summed E-state index contributed by atoms with van der Waals surface area (Å²) in [6.07, 6.45) is 1.48. The van der Waals surface area contributed by atoms with Gasteiger partial charge in [-0.05, 0) is 6.07 Å². The number of nitrogens with two attached hydrogens (primary N) is 1. The third kappa shape index (κ3) is 1.97. The molecule has 0 aliphatic carbocycles. The Labute approximate surface area is 98.6 Å². The van der Waals surface area contributed by atoms with Gasteiger partial charge in [0.15, 0.2) is 0 Å². The van der Waals surface area contributed by atoms with E-state index in [4.69, 9.17) is 22.1 Å². The predicted molar refractivity (Wildman–Crippen MR) is 63.8 cm³/mol. The maximum absolute atomic E-state index is 11.4. The lowest BCUT2D eigenvalue weighted by atomic mass is 10.1. The van der Waals surface area contributed by atoms with Crippen molar-refractivity contribution >= 4 is 29.3 Å². The van der Waals surface area contributed by atoms with Crippen molar-refractivity contribution in [3.8, 4) is 5.75 Å². The van der Waals surface area contributed by atoms with Crippen molar-refractivity contribution in [2.75, 3.05) is 20.0 Å². The summed E-state index contributed by atoms with van der Waals surface area (Å²) in [6, 6.07) is 1.41. The summed E-state index contributed by atoms with van der Waals surface area (Å²) in [4.78, 5) is 11.4. The van der Waals surface area contributed by atoms with Gasteiger partial charge in [0.1, 0.15) is 5.75 Å². The number of hydrogen-bond donors (Lipinski definition) is 1. The van der Waals surface area contributed by atoms with Gasteiger partial charge in [-0.15, -0.1) is 0 Å². The van der Waals surface area contributed by atoms with Crippen molar-refractivity contribution in [3.05, 3.63) is 28.8 Å². The molecule has 0 radical (unpaired) electrons. The molecule has 86 valence electrons. The predicted octanol–water partition coefficient (Wildman–Crippen LogP) is 2.36. The summed E-state index contributed by atoms with van der Waals surface area (Å²) < 4.78 is 9.67. The number of nitrogen functional groups attached to an aromatic ring is 1. The number of rotatable bonds is 3. The topological polar surface area (TPSA) is 61.6 Å². The Morgan fingerprint density at radius 3 is 2.62 bits per heavy atom. The van der Waals surface area contributed by atoms with Gasteiger partial charge in [-0.2, -0.15) is 0 Å². The fourth-order valence-corrected chi connectivity index (χ4v) is 1.64. The summed E-state index contributed by atoms with van der Waals surface area (Å²) in [6.45, 7) is 3.60. The molecular formula is C11H12ClNO3. The number of hydrogen-bond acceptors (Lipinski definition) is 4. The second kappa shape index (κ2) is 4.90. The fourth-order valence-electron chi connectivity index (χ4n) is 1.36. The number of carbonyl (C=O) groups is 1. The lowest BCUT2D eigenvalue weighted by Crippen LogP contribution is -2.08. The zero-order chi connectivity index (χ0) is 12.3. The summed E-state index contributed by atoms with van der Waals surface area (Å²) in [5.41, 5.74) is 6.72. The molecule has 0 aliphatic heterocycles. The molecule has 1 aromatic rings. The van der Waals surface area contributed by atoms with Crippen LogP contribution in [0.4, 0.5) is 5.69 Å². The highest BCUT2D eigenvalue weighted by molar-refractivity contribution is 6.33. The third-order valence-electron chi connectivity index (χ3n) is 2.13. The van der Waals surface area contributed by atoms with E-state index in [0.717, 1.165) is 0 Å². The van der Waals surface area contributed by atoms with Crippen LogP contribution in [0.25, 0.3) is 6.08 Å². The lowest BCUT2D eigenvalue weighted by molar-refractivity contribution is 0.0602. The molecule has 0 heterocycles. The molecule has 4 nitrogen and oxygen atoms in total. The Morgan fingerprint density at radius 1 is 1.56 bits per heavy atom.